The second-order valence-electron chi connectivity index (χ2n) is 5.10. The first-order chi connectivity index (χ1) is 8.52. The molecule has 0 aliphatic carbocycles. The summed E-state index contributed by atoms with van der Waals surface area (Å²) in [6.45, 7) is 8.38. The topological polar surface area (TPSA) is 52.6 Å². The van der Waals surface area contributed by atoms with Gasteiger partial charge in [-0.15, -0.1) is 0 Å². The molecule has 98 valence electrons. The zero-order valence-electron chi connectivity index (χ0n) is 11.1. The van der Waals surface area contributed by atoms with Gasteiger partial charge in [0.2, 0.25) is 0 Å². The zero-order valence-corrected chi connectivity index (χ0v) is 11.1. The molecule has 18 heavy (non-hydrogen) atoms. The first kappa shape index (κ1) is 12.9. The van der Waals surface area contributed by atoms with Crippen LogP contribution in [-0.2, 0) is 4.79 Å². The fourth-order valence-electron chi connectivity index (χ4n) is 2.29. The maximum atomic E-state index is 11.4. The van der Waals surface area contributed by atoms with E-state index in [-0.39, 0.29) is 5.91 Å². The van der Waals surface area contributed by atoms with Gasteiger partial charge in [-0.3, -0.25) is 4.79 Å². The van der Waals surface area contributed by atoms with E-state index in [0.29, 0.717) is 11.5 Å². The summed E-state index contributed by atoms with van der Waals surface area (Å²) >= 11 is 0. The molecule has 1 aromatic carbocycles. The Morgan fingerprint density at radius 2 is 2.17 bits per heavy atom. The van der Waals surface area contributed by atoms with Gasteiger partial charge < -0.3 is 15.3 Å². The SMILES string of the molecule is CCN(CC(C)C)c1ccc2c(c1)NC(=O)C2O. The molecule has 1 heterocycles. The van der Waals surface area contributed by atoms with Gasteiger partial charge in [-0.1, -0.05) is 19.9 Å². The van der Waals surface area contributed by atoms with Crippen molar-refractivity contribution in [2.45, 2.75) is 26.9 Å². The van der Waals surface area contributed by atoms with Gasteiger partial charge in [0.05, 0.1) is 0 Å². The molecular weight excluding hydrogens is 228 g/mol. The van der Waals surface area contributed by atoms with Crippen molar-refractivity contribution in [2.75, 3.05) is 23.3 Å². The Balaban J connectivity index is 2.26. The highest BCUT2D eigenvalue weighted by molar-refractivity contribution is 6.02. The van der Waals surface area contributed by atoms with Crippen LogP contribution in [0.25, 0.3) is 0 Å². The largest absolute Gasteiger partial charge is 0.378 e. The number of carbonyl (C=O) groups excluding carboxylic acids is 1. The van der Waals surface area contributed by atoms with Gasteiger partial charge in [-0.25, -0.2) is 0 Å². The van der Waals surface area contributed by atoms with Crippen LogP contribution < -0.4 is 10.2 Å². The van der Waals surface area contributed by atoms with E-state index in [1.54, 1.807) is 0 Å². The summed E-state index contributed by atoms with van der Waals surface area (Å²) in [5.41, 5.74) is 2.48. The number of nitrogens with zero attached hydrogens (tertiary/aromatic N) is 1. The van der Waals surface area contributed by atoms with Gasteiger partial charge in [-0.05, 0) is 25.0 Å². The lowest BCUT2D eigenvalue weighted by atomic mass is 10.1. The standard InChI is InChI=1S/C14H20N2O2/c1-4-16(8-9(2)3)10-5-6-11-12(7-10)15-14(18)13(11)17/h5-7,9,13,17H,4,8H2,1-3H3,(H,15,18). The van der Waals surface area contributed by atoms with Crippen molar-refractivity contribution in [1.82, 2.24) is 0 Å². The van der Waals surface area contributed by atoms with E-state index in [1.165, 1.54) is 0 Å². The fourth-order valence-corrected chi connectivity index (χ4v) is 2.29. The molecule has 1 aliphatic heterocycles. The molecule has 4 heteroatoms. The number of aliphatic hydroxyl groups excluding tert-OH is 1. The van der Waals surface area contributed by atoms with Crippen molar-refractivity contribution in [2.24, 2.45) is 5.92 Å². The molecule has 1 atom stereocenters. The van der Waals surface area contributed by atoms with E-state index in [4.69, 9.17) is 0 Å². The van der Waals surface area contributed by atoms with Crippen molar-refractivity contribution >= 4 is 17.3 Å². The molecular formula is C14H20N2O2. The average molecular weight is 248 g/mol. The number of hydrogen-bond donors (Lipinski definition) is 2. The van der Waals surface area contributed by atoms with Gasteiger partial charge >= 0.3 is 0 Å². The van der Waals surface area contributed by atoms with Crippen LogP contribution >= 0.6 is 0 Å². The highest BCUT2D eigenvalue weighted by atomic mass is 16.3. The highest BCUT2D eigenvalue weighted by Crippen LogP contribution is 2.33. The van der Waals surface area contributed by atoms with Crippen molar-refractivity contribution in [3.63, 3.8) is 0 Å². The summed E-state index contributed by atoms with van der Waals surface area (Å²) in [6, 6.07) is 5.74. The average Bonchev–Trinajstić information content (AvgIpc) is 2.61. The van der Waals surface area contributed by atoms with Crippen LogP contribution in [-0.4, -0.2) is 24.1 Å². The summed E-state index contributed by atoms with van der Waals surface area (Å²) in [4.78, 5) is 13.7. The van der Waals surface area contributed by atoms with Crippen LogP contribution in [0.4, 0.5) is 11.4 Å². The maximum Gasteiger partial charge on any atom is 0.257 e. The summed E-state index contributed by atoms with van der Waals surface area (Å²) < 4.78 is 0. The number of nitrogens with one attached hydrogen (secondary N) is 1. The molecule has 0 bridgehead atoms. The highest BCUT2D eigenvalue weighted by Gasteiger charge is 2.28. The minimum Gasteiger partial charge on any atom is -0.378 e. The molecule has 1 unspecified atom stereocenters. The van der Waals surface area contributed by atoms with Gasteiger partial charge in [0.25, 0.3) is 5.91 Å². The number of fused-ring (bicyclic) bond motifs is 1. The Hall–Kier alpha value is -1.55. The molecule has 0 fully saturated rings. The Kier molecular flexibility index (Phi) is 3.57. The summed E-state index contributed by atoms with van der Waals surface area (Å²) in [6.07, 6.45) is -1.02. The van der Waals surface area contributed by atoms with E-state index in [1.807, 2.05) is 18.2 Å². The number of rotatable bonds is 4. The van der Waals surface area contributed by atoms with Gasteiger partial charge in [0, 0.05) is 30.0 Å². The number of anilines is 2. The number of amides is 1. The first-order valence-electron chi connectivity index (χ1n) is 6.40. The Labute approximate surface area is 108 Å². The van der Waals surface area contributed by atoms with Crippen molar-refractivity contribution in [1.29, 1.82) is 0 Å². The molecule has 2 rings (SSSR count). The molecule has 2 N–H and O–H groups in total. The van der Waals surface area contributed by atoms with E-state index in [9.17, 15) is 9.90 Å². The third-order valence-electron chi connectivity index (χ3n) is 3.17. The lowest BCUT2D eigenvalue weighted by molar-refractivity contribution is -0.123. The number of hydrogen-bond acceptors (Lipinski definition) is 3. The molecule has 0 radical (unpaired) electrons. The molecule has 1 amide bonds. The smallest absolute Gasteiger partial charge is 0.257 e. The summed E-state index contributed by atoms with van der Waals surface area (Å²) in [5, 5.41) is 12.4. The second kappa shape index (κ2) is 4.98. The monoisotopic (exact) mass is 248 g/mol. The zero-order chi connectivity index (χ0) is 13.3. The second-order valence-corrected chi connectivity index (χ2v) is 5.10. The number of carbonyl (C=O) groups is 1. The normalized spacial score (nSPS) is 17.8. The van der Waals surface area contributed by atoms with E-state index in [2.05, 4.69) is 31.0 Å². The summed E-state index contributed by atoms with van der Waals surface area (Å²) in [7, 11) is 0. The van der Waals surface area contributed by atoms with Crippen LogP contribution in [0.5, 0.6) is 0 Å². The summed E-state index contributed by atoms with van der Waals surface area (Å²) in [5.74, 6) is 0.243. The van der Waals surface area contributed by atoms with E-state index < -0.39 is 6.10 Å². The van der Waals surface area contributed by atoms with Crippen LogP contribution in [0.3, 0.4) is 0 Å². The molecule has 0 spiro atoms. The van der Waals surface area contributed by atoms with Crippen LogP contribution in [0.1, 0.15) is 32.4 Å². The molecule has 0 saturated heterocycles. The Morgan fingerprint density at radius 1 is 1.44 bits per heavy atom. The van der Waals surface area contributed by atoms with Crippen LogP contribution in [0.15, 0.2) is 18.2 Å². The molecule has 4 nitrogen and oxygen atoms in total. The minimum absolute atomic E-state index is 0.339. The van der Waals surface area contributed by atoms with E-state index in [0.717, 1.165) is 24.5 Å². The molecule has 1 aromatic rings. The minimum atomic E-state index is -1.02. The van der Waals surface area contributed by atoms with Gasteiger partial charge in [0.1, 0.15) is 0 Å². The Bertz CT molecular complexity index is 457. The lowest BCUT2D eigenvalue weighted by Crippen LogP contribution is -2.27. The predicted molar refractivity (Wildman–Crippen MR) is 72.8 cm³/mol. The number of benzene rings is 1. The lowest BCUT2D eigenvalue weighted by Gasteiger charge is -2.25. The van der Waals surface area contributed by atoms with Crippen molar-refractivity contribution in [3.8, 4) is 0 Å². The molecule has 0 aromatic heterocycles. The number of aliphatic hydroxyl groups is 1. The quantitative estimate of drug-likeness (QED) is 0.858. The third-order valence-corrected chi connectivity index (χ3v) is 3.17. The van der Waals surface area contributed by atoms with Crippen molar-refractivity contribution < 1.29 is 9.90 Å². The molecule has 1 aliphatic rings. The van der Waals surface area contributed by atoms with Crippen LogP contribution in [0, 0.1) is 5.92 Å². The Morgan fingerprint density at radius 3 is 2.78 bits per heavy atom. The third kappa shape index (κ3) is 2.34. The van der Waals surface area contributed by atoms with Crippen LogP contribution in [0.2, 0.25) is 0 Å². The van der Waals surface area contributed by atoms with E-state index >= 15 is 0 Å². The van der Waals surface area contributed by atoms with Gasteiger partial charge in [-0.2, -0.15) is 0 Å². The maximum absolute atomic E-state index is 11.4. The molecule has 0 saturated carbocycles. The van der Waals surface area contributed by atoms with Gasteiger partial charge in [0.15, 0.2) is 6.10 Å². The first-order valence-corrected chi connectivity index (χ1v) is 6.40. The predicted octanol–water partition coefficient (Wildman–Crippen LogP) is 2.15. The fraction of sp³-hybridized carbons (Fsp3) is 0.500. The van der Waals surface area contributed by atoms with Crippen molar-refractivity contribution in [3.05, 3.63) is 23.8 Å².